The van der Waals surface area contributed by atoms with Crippen molar-refractivity contribution in [1.29, 1.82) is 0 Å². The van der Waals surface area contributed by atoms with Gasteiger partial charge in [-0.15, -0.1) is 0 Å². The number of methoxy groups -OCH3 is 1. The van der Waals surface area contributed by atoms with E-state index in [4.69, 9.17) is 9.47 Å². The first-order valence-electron chi connectivity index (χ1n) is 11.2. The van der Waals surface area contributed by atoms with Gasteiger partial charge in [0, 0.05) is 45.7 Å². The maximum absolute atomic E-state index is 11.7. The molecular formula is C25H35N3O4. The maximum Gasteiger partial charge on any atom is 0.222 e. The molecule has 0 saturated carbocycles. The smallest absolute Gasteiger partial charge is 0.222 e. The molecule has 2 N–H and O–H groups in total. The third kappa shape index (κ3) is 7.51. The molecule has 1 heterocycles. The van der Waals surface area contributed by atoms with Gasteiger partial charge in [0.1, 0.15) is 12.7 Å². The standard InChI is InChI=1S/C25H35N3O4/c1-27(17-20-7-4-3-5-8-20)18-22(29)19-32-24-15-21(10-11-23(24)31-2)16-26-12-14-28-13-6-9-25(28)30/h3-5,7-8,10-11,15,22,26,29H,6,9,12-14,16-19H2,1-2H3/t22-/m1/s1. The fourth-order valence-electron chi connectivity index (χ4n) is 3.89. The van der Waals surface area contributed by atoms with Gasteiger partial charge in [-0.2, -0.15) is 0 Å². The van der Waals surface area contributed by atoms with Gasteiger partial charge in [0.05, 0.1) is 7.11 Å². The molecule has 1 saturated heterocycles. The van der Waals surface area contributed by atoms with E-state index in [1.54, 1.807) is 7.11 Å². The van der Waals surface area contributed by atoms with Crippen LogP contribution in [0.15, 0.2) is 48.5 Å². The molecule has 0 radical (unpaired) electrons. The number of hydrogen-bond acceptors (Lipinski definition) is 6. The lowest BCUT2D eigenvalue weighted by molar-refractivity contribution is -0.127. The van der Waals surface area contributed by atoms with E-state index in [9.17, 15) is 9.90 Å². The number of ether oxygens (including phenoxy) is 2. The first-order valence-corrected chi connectivity index (χ1v) is 11.2. The normalized spacial score (nSPS) is 14.8. The monoisotopic (exact) mass is 441 g/mol. The van der Waals surface area contributed by atoms with Gasteiger partial charge in [-0.3, -0.25) is 9.69 Å². The Bertz CT molecular complexity index is 846. The van der Waals surface area contributed by atoms with Gasteiger partial charge in [0.2, 0.25) is 5.91 Å². The molecule has 1 fully saturated rings. The number of aliphatic hydroxyl groups is 1. The second-order valence-electron chi connectivity index (χ2n) is 8.29. The summed E-state index contributed by atoms with van der Waals surface area (Å²) in [7, 11) is 3.59. The van der Waals surface area contributed by atoms with Crippen LogP contribution in [0.5, 0.6) is 11.5 Å². The zero-order chi connectivity index (χ0) is 22.8. The molecular weight excluding hydrogens is 406 g/mol. The molecule has 32 heavy (non-hydrogen) atoms. The van der Waals surface area contributed by atoms with E-state index in [2.05, 4.69) is 22.3 Å². The van der Waals surface area contributed by atoms with Crippen LogP contribution in [0.2, 0.25) is 0 Å². The van der Waals surface area contributed by atoms with E-state index in [0.29, 0.717) is 31.0 Å². The number of carbonyl (C=O) groups excluding carboxylic acids is 1. The highest BCUT2D eigenvalue weighted by molar-refractivity contribution is 5.78. The van der Waals surface area contributed by atoms with Crippen LogP contribution in [0.1, 0.15) is 24.0 Å². The quantitative estimate of drug-likeness (QED) is 0.465. The molecule has 2 aromatic rings. The largest absolute Gasteiger partial charge is 0.493 e. The molecule has 3 rings (SSSR count). The first-order chi connectivity index (χ1) is 15.5. The van der Waals surface area contributed by atoms with E-state index in [1.807, 2.05) is 48.3 Å². The molecule has 1 atom stereocenters. The van der Waals surface area contributed by atoms with Crippen molar-refractivity contribution in [2.75, 3.05) is 46.9 Å². The minimum absolute atomic E-state index is 0.184. The second-order valence-corrected chi connectivity index (χ2v) is 8.29. The van der Waals surface area contributed by atoms with E-state index >= 15 is 0 Å². The Labute approximate surface area is 190 Å². The molecule has 1 aliphatic heterocycles. The van der Waals surface area contributed by atoms with E-state index in [-0.39, 0.29) is 12.5 Å². The van der Waals surface area contributed by atoms with Crippen molar-refractivity contribution in [2.45, 2.75) is 32.0 Å². The highest BCUT2D eigenvalue weighted by Crippen LogP contribution is 2.28. The Kier molecular flexibility index (Phi) is 9.34. The molecule has 1 amide bonds. The first kappa shape index (κ1) is 24.0. The second kappa shape index (κ2) is 12.4. The maximum atomic E-state index is 11.7. The van der Waals surface area contributed by atoms with E-state index < -0.39 is 6.10 Å². The Morgan fingerprint density at radius 1 is 1.16 bits per heavy atom. The lowest BCUT2D eigenvalue weighted by Crippen LogP contribution is -2.33. The van der Waals surface area contributed by atoms with Gasteiger partial charge >= 0.3 is 0 Å². The minimum atomic E-state index is -0.617. The fourth-order valence-corrected chi connectivity index (χ4v) is 3.89. The van der Waals surface area contributed by atoms with Crippen LogP contribution in [-0.2, 0) is 17.9 Å². The topological polar surface area (TPSA) is 74.3 Å². The number of carbonyl (C=O) groups is 1. The van der Waals surface area contributed by atoms with Crippen LogP contribution in [0.3, 0.4) is 0 Å². The Morgan fingerprint density at radius 3 is 2.69 bits per heavy atom. The van der Waals surface area contributed by atoms with Crippen molar-refractivity contribution >= 4 is 5.91 Å². The Morgan fingerprint density at radius 2 is 1.97 bits per heavy atom. The molecule has 1 aliphatic rings. The number of likely N-dealkylation sites (tertiary alicyclic amines) is 1. The van der Waals surface area contributed by atoms with Gasteiger partial charge in [-0.1, -0.05) is 36.4 Å². The highest BCUT2D eigenvalue weighted by Gasteiger charge is 2.19. The van der Waals surface area contributed by atoms with Crippen molar-refractivity contribution in [3.63, 3.8) is 0 Å². The predicted molar refractivity (Wildman–Crippen MR) is 125 cm³/mol. The number of rotatable bonds is 13. The summed E-state index contributed by atoms with van der Waals surface area (Å²) >= 11 is 0. The van der Waals surface area contributed by atoms with Crippen molar-refractivity contribution in [1.82, 2.24) is 15.1 Å². The molecule has 7 heteroatoms. The molecule has 0 unspecified atom stereocenters. The van der Waals surface area contributed by atoms with Crippen LogP contribution in [0, 0.1) is 0 Å². The summed E-state index contributed by atoms with van der Waals surface area (Å²) in [6.07, 6.45) is 1.02. The summed E-state index contributed by atoms with van der Waals surface area (Å²) in [5.74, 6) is 1.51. The molecule has 7 nitrogen and oxygen atoms in total. The lowest BCUT2D eigenvalue weighted by atomic mass is 10.2. The summed E-state index contributed by atoms with van der Waals surface area (Å²) in [4.78, 5) is 15.7. The van der Waals surface area contributed by atoms with Crippen LogP contribution in [0.25, 0.3) is 0 Å². The van der Waals surface area contributed by atoms with Crippen molar-refractivity contribution in [3.8, 4) is 11.5 Å². The van der Waals surface area contributed by atoms with Gasteiger partial charge in [-0.05, 0) is 36.7 Å². The SMILES string of the molecule is COc1ccc(CNCCN2CCCC2=O)cc1OC[C@H](O)CN(C)Cc1ccccc1. The van der Waals surface area contributed by atoms with E-state index in [0.717, 1.165) is 38.2 Å². The Hall–Kier alpha value is -2.61. The number of nitrogens with one attached hydrogen (secondary N) is 1. The molecule has 0 bridgehead atoms. The fraction of sp³-hybridized carbons (Fsp3) is 0.480. The molecule has 0 aliphatic carbocycles. The number of likely N-dealkylation sites (N-methyl/N-ethyl adjacent to an activating group) is 1. The van der Waals surface area contributed by atoms with E-state index in [1.165, 1.54) is 5.56 Å². The van der Waals surface area contributed by atoms with Gasteiger partial charge in [0.25, 0.3) is 0 Å². The van der Waals surface area contributed by atoms with Crippen LogP contribution < -0.4 is 14.8 Å². The zero-order valence-corrected chi connectivity index (χ0v) is 19.1. The van der Waals surface area contributed by atoms with Crippen LogP contribution in [0.4, 0.5) is 0 Å². The van der Waals surface area contributed by atoms with Crippen LogP contribution in [-0.4, -0.2) is 73.9 Å². The Balaban J connectivity index is 1.44. The van der Waals surface area contributed by atoms with Gasteiger partial charge < -0.3 is 24.8 Å². The summed E-state index contributed by atoms with van der Waals surface area (Å²) in [5.41, 5.74) is 2.27. The summed E-state index contributed by atoms with van der Waals surface area (Å²) in [5, 5.41) is 13.8. The molecule has 174 valence electrons. The predicted octanol–water partition coefficient (Wildman–Crippen LogP) is 2.28. The lowest BCUT2D eigenvalue weighted by Gasteiger charge is -2.21. The summed E-state index contributed by atoms with van der Waals surface area (Å²) < 4.78 is 11.3. The van der Waals surface area contributed by atoms with Gasteiger partial charge in [-0.25, -0.2) is 0 Å². The number of benzene rings is 2. The van der Waals surface area contributed by atoms with Crippen molar-refractivity contribution in [3.05, 3.63) is 59.7 Å². The molecule has 0 spiro atoms. The van der Waals surface area contributed by atoms with Crippen molar-refractivity contribution in [2.24, 2.45) is 0 Å². The summed E-state index contributed by atoms with van der Waals surface area (Å²) in [6.45, 7) is 4.48. The number of nitrogens with zero attached hydrogens (tertiary/aromatic N) is 2. The third-order valence-electron chi connectivity index (χ3n) is 5.54. The van der Waals surface area contributed by atoms with Gasteiger partial charge in [0.15, 0.2) is 11.5 Å². The van der Waals surface area contributed by atoms with Crippen LogP contribution >= 0.6 is 0 Å². The zero-order valence-electron chi connectivity index (χ0n) is 19.1. The highest BCUT2D eigenvalue weighted by atomic mass is 16.5. The van der Waals surface area contributed by atoms with Crippen molar-refractivity contribution < 1.29 is 19.4 Å². The number of amides is 1. The molecule has 0 aromatic heterocycles. The minimum Gasteiger partial charge on any atom is -0.493 e. The number of hydrogen-bond donors (Lipinski definition) is 2. The molecule has 2 aromatic carbocycles. The average molecular weight is 442 g/mol. The summed E-state index contributed by atoms with van der Waals surface area (Å²) in [6, 6.07) is 16.0. The third-order valence-corrected chi connectivity index (χ3v) is 5.54. The number of aliphatic hydroxyl groups excluding tert-OH is 1. The average Bonchev–Trinajstić information content (AvgIpc) is 3.20.